The molecule has 1 amide bonds. The highest BCUT2D eigenvalue weighted by atomic mass is 16.5. The molecule has 0 spiro atoms. The van der Waals surface area contributed by atoms with E-state index in [0.29, 0.717) is 48.4 Å². The van der Waals surface area contributed by atoms with Crippen LogP contribution in [-0.2, 0) is 27.2 Å². The lowest BCUT2D eigenvalue weighted by Crippen LogP contribution is -2.29. The molecule has 3 aromatic rings. The van der Waals surface area contributed by atoms with Crippen LogP contribution in [-0.4, -0.2) is 59.0 Å². The molecular formula is C27H36N4O5. The summed E-state index contributed by atoms with van der Waals surface area (Å²) in [5, 5.41) is 17.1. The summed E-state index contributed by atoms with van der Waals surface area (Å²) >= 11 is 0. The molecular weight excluding hydrogens is 460 g/mol. The minimum atomic E-state index is -0.830. The average molecular weight is 497 g/mol. The quantitative estimate of drug-likeness (QED) is 0.325. The van der Waals surface area contributed by atoms with Crippen LogP contribution >= 0.6 is 0 Å². The molecule has 2 aromatic heterocycles. The Labute approximate surface area is 211 Å². The van der Waals surface area contributed by atoms with Gasteiger partial charge in [-0.3, -0.25) is 4.79 Å². The smallest absolute Gasteiger partial charge is 0.356 e. The van der Waals surface area contributed by atoms with E-state index in [1.54, 1.807) is 31.7 Å². The normalized spacial score (nSPS) is 12.4. The molecule has 0 aliphatic carbocycles. The fourth-order valence-corrected chi connectivity index (χ4v) is 4.33. The van der Waals surface area contributed by atoms with Crippen molar-refractivity contribution in [3.8, 4) is 0 Å². The minimum Gasteiger partial charge on any atom is -0.464 e. The molecule has 0 radical (unpaired) electrons. The number of aliphatic hydroxyl groups is 1. The second-order valence-corrected chi connectivity index (χ2v) is 9.55. The lowest BCUT2D eigenvalue weighted by Gasteiger charge is -2.23. The number of carbonyl (C=O) groups is 2. The van der Waals surface area contributed by atoms with Crippen LogP contribution in [0.5, 0.6) is 0 Å². The Balaban J connectivity index is 1.99. The lowest BCUT2D eigenvalue weighted by atomic mass is 10.0. The molecule has 0 aliphatic rings. The fraction of sp³-hybridized carbons (Fsp3) is 0.444. The third-order valence-corrected chi connectivity index (χ3v) is 5.76. The van der Waals surface area contributed by atoms with E-state index in [1.807, 2.05) is 43.3 Å². The van der Waals surface area contributed by atoms with E-state index in [1.165, 1.54) is 7.11 Å². The molecule has 3 rings (SSSR count). The van der Waals surface area contributed by atoms with Crippen LogP contribution in [0.15, 0.2) is 42.6 Å². The van der Waals surface area contributed by atoms with E-state index >= 15 is 0 Å². The number of pyridine rings is 1. The lowest BCUT2D eigenvalue weighted by molar-refractivity contribution is -0.116. The second kappa shape index (κ2) is 12.0. The number of ether oxygens (including phenoxy) is 2. The van der Waals surface area contributed by atoms with Crippen molar-refractivity contribution in [2.45, 2.75) is 58.2 Å². The summed E-state index contributed by atoms with van der Waals surface area (Å²) in [6, 6.07) is 11.6. The zero-order valence-electron chi connectivity index (χ0n) is 21.6. The Morgan fingerprint density at radius 2 is 1.92 bits per heavy atom. The van der Waals surface area contributed by atoms with Gasteiger partial charge in [0.15, 0.2) is 5.69 Å². The summed E-state index contributed by atoms with van der Waals surface area (Å²) in [7, 11) is 2.88. The Hall–Kier alpha value is -3.43. The van der Waals surface area contributed by atoms with Crippen molar-refractivity contribution in [1.29, 1.82) is 0 Å². The van der Waals surface area contributed by atoms with Gasteiger partial charge >= 0.3 is 5.97 Å². The molecule has 0 saturated carbocycles. The maximum atomic E-state index is 13.0. The summed E-state index contributed by atoms with van der Waals surface area (Å²) in [4.78, 5) is 30.4. The Kier molecular flexibility index (Phi) is 9.06. The van der Waals surface area contributed by atoms with Crippen molar-refractivity contribution in [2.75, 3.05) is 31.5 Å². The van der Waals surface area contributed by atoms with E-state index in [0.717, 1.165) is 5.56 Å². The highest BCUT2D eigenvalue weighted by Crippen LogP contribution is 2.33. The number of carbonyl (C=O) groups excluding carboxylic acids is 2. The van der Waals surface area contributed by atoms with Crippen LogP contribution < -0.4 is 10.6 Å². The van der Waals surface area contributed by atoms with Gasteiger partial charge < -0.3 is 29.8 Å². The molecule has 0 fully saturated rings. The molecule has 1 atom stereocenters. The largest absolute Gasteiger partial charge is 0.464 e. The van der Waals surface area contributed by atoms with Crippen molar-refractivity contribution in [2.24, 2.45) is 0 Å². The number of hydrogen-bond donors (Lipinski definition) is 3. The van der Waals surface area contributed by atoms with Crippen molar-refractivity contribution >= 4 is 34.3 Å². The van der Waals surface area contributed by atoms with E-state index in [-0.39, 0.29) is 24.1 Å². The summed E-state index contributed by atoms with van der Waals surface area (Å²) < 4.78 is 12.0. The average Bonchev–Trinajstić information content (AvgIpc) is 3.12. The van der Waals surface area contributed by atoms with Crippen molar-refractivity contribution < 1.29 is 24.2 Å². The number of amides is 1. The number of esters is 1. The van der Waals surface area contributed by atoms with Gasteiger partial charge in [0.05, 0.1) is 36.9 Å². The Morgan fingerprint density at radius 3 is 2.56 bits per heavy atom. The van der Waals surface area contributed by atoms with Crippen LogP contribution in [0.3, 0.4) is 0 Å². The first-order chi connectivity index (χ1) is 17.1. The van der Waals surface area contributed by atoms with Crippen molar-refractivity contribution in [3.63, 3.8) is 0 Å². The topological polar surface area (TPSA) is 115 Å². The number of fused-ring (bicyclic) bond motifs is 1. The highest BCUT2D eigenvalue weighted by molar-refractivity contribution is 6.11. The van der Waals surface area contributed by atoms with Gasteiger partial charge in [0, 0.05) is 31.5 Å². The van der Waals surface area contributed by atoms with E-state index in [2.05, 4.69) is 15.6 Å². The number of hydrogen-bond acceptors (Lipinski definition) is 7. The number of methoxy groups -OCH3 is 2. The Morgan fingerprint density at radius 1 is 1.19 bits per heavy atom. The molecule has 0 unspecified atom stereocenters. The van der Waals surface area contributed by atoms with E-state index in [9.17, 15) is 14.7 Å². The van der Waals surface area contributed by atoms with Crippen LogP contribution in [0.4, 0.5) is 11.4 Å². The zero-order valence-corrected chi connectivity index (χ0v) is 21.6. The number of aromatic nitrogens is 2. The highest BCUT2D eigenvalue weighted by Gasteiger charge is 2.26. The predicted octanol–water partition coefficient (Wildman–Crippen LogP) is 4.00. The maximum Gasteiger partial charge on any atom is 0.356 e. The van der Waals surface area contributed by atoms with Crippen LogP contribution in [0.1, 0.15) is 49.7 Å². The van der Waals surface area contributed by atoms with Gasteiger partial charge in [0.2, 0.25) is 5.91 Å². The molecule has 0 aliphatic heterocycles. The molecule has 194 valence electrons. The van der Waals surface area contributed by atoms with Gasteiger partial charge in [-0.25, -0.2) is 9.78 Å². The summed E-state index contributed by atoms with van der Waals surface area (Å²) in [6.45, 7) is 6.19. The third kappa shape index (κ3) is 7.05. The number of benzene rings is 1. The molecule has 9 nitrogen and oxygen atoms in total. The monoisotopic (exact) mass is 496 g/mol. The summed E-state index contributed by atoms with van der Waals surface area (Å²) in [5.41, 5.74) is 2.04. The Bertz CT molecular complexity index is 1180. The van der Waals surface area contributed by atoms with Crippen molar-refractivity contribution in [3.05, 3.63) is 53.9 Å². The first-order valence-electron chi connectivity index (χ1n) is 12.0. The predicted molar refractivity (Wildman–Crippen MR) is 140 cm³/mol. The molecule has 0 saturated heterocycles. The van der Waals surface area contributed by atoms with Gasteiger partial charge in [-0.2, -0.15) is 0 Å². The van der Waals surface area contributed by atoms with E-state index < -0.39 is 11.6 Å². The van der Waals surface area contributed by atoms with Gasteiger partial charge in [-0.05, 0) is 45.2 Å². The number of rotatable bonds is 12. The zero-order chi connectivity index (χ0) is 26.3. The van der Waals surface area contributed by atoms with Crippen molar-refractivity contribution in [1.82, 2.24) is 9.55 Å². The minimum absolute atomic E-state index is 0.0381. The van der Waals surface area contributed by atoms with Gasteiger partial charge in [-0.15, -0.1) is 0 Å². The molecule has 2 heterocycles. The van der Waals surface area contributed by atoms with Gasteiger partial charge in [0.1, 0.15) is 5.65 Å². The SMILES string of the molecule is COCCn1c(C(=O)OC)c(NC(=O)CCc2ccccc2)c2cc(N[C@H](C)CC(C)(C)O)cnc21. The molecule has 1 aromatic carbocycles. The number of anilines is 2. The molecule has 3 N–H and O–H groups in total. The van der Waals surface area contributed by atoms with Crippen LogP contribution in [0.2, 0.25) is 0 Å². The summed E-state index contributed by atoms with van der Waals surface area (Å²) in [6.07, 6.45) is 3.02. The first kappa shape index (κ1) is 27.2. The standard InChI is InChI=1S/C27H36N4O5/c1-18(16-27(2,3)34)29-20-15-21-23(30-22(32)12-11-19-9-7-6-8-10-19)24(26(33)36-5)31(13-14-35-4)25(21)28-17-20/h6-10,15,17-18,29,34H,11-14,16H2,1-5H3,(H,30,32)/t18-/m1/s1. The molecule has 9 heteroatoms. The fourth-order valence-electron chi connectivity index (χ4n) is 4.33. The molecule has 36 heavy (non-hydrogen) atoms. The second-order valence-electron chi connectivity index (χ2n) is 9.55. The summed E-state index contributed by atoms with van der Waals surface area (Å²) in [5.74, 6) is -0.795. The van der Waals surface area contributed by atoms with Crippen LogP contribution in [0, 0.1) is 0 Å². The van der Waals surface area contributed by atoms with E-state index in [4.69, 9.17) is 9.47 Å². The molecule has 0 bridgehead atoms. The number of nitrogens with zero attached hydrogens (tertiary/aromatic N) is 2. The van der Waals surface area contributed by atoms with Gasteiger partial charge in [-0.1, -0.05) is 30.3 Å². The maximum absolute atomic E-state index is 13.0. The number of nitrogens with one attached hydrogen (secondary N) is 2. The van der Waals surface area contributed by atoms with Crippen LogP contribution in [0.25, 0.3) is 11.0 Å². The van der Waals surface area contributed by atoms with Gasteiger partial charge in [0.25, 0.3) is 0 Å². The first-order valence-corrected chi connectivity index (χ1v) is 12.0. The number of aryl methyl sites for hydroxylation is 1. The third-order valence-electron chi connectivity index (χ3n) is 5.76.